The lowest BCUT2D eigenvalue weighted by Gasteiger charge is -2.26. The van der Waals surface area contributed by atoms with Gasteiger partial charge in [-0.05, 0) is 31.4 Å². The third kappa shape index (κ3) is 2.98. The average Bonchev–Trinajstić information content (AvgIpc) is 3.03. The van der Waals surface area contributed by atoms with E-state index >= 15 is 0 Å². The Morgan fingerprint density at radius 2 is 2.24 bits per heavy atom. The fourth-order valence-electron chi connectivity index (χ4n) is 3.50. The van der Waals surface area contributed by atoms with Crippen LogP contribution in [0.4, 0.5) is 0 Å². The number of aromatic nitrogens is 1. The molecule has 0 aromatic carbocycles. The van der Waals surface area contributed by atoms with E-state index in [1.807, 2.05) is 25.1 Å². The molecule has 3 atom stereocenters. The second-order valence-electron chi connectivity index (χ2n) is 5.89. The zero-order valence-electron chi connectivity index (χ0n) is 12.3. The zero-order valence-corrected chi connectivity index (χ0v) is 13.1. The van der Waals surface area contributed by atoms with Gasteiger partial charge in [0.05, 0.1) is 30.2 Å². The van der Waals surface area contributed by atoms with Crippen molar-refractivity contribution in [2.75, 3.05) is 12.3 Å². The monoisotopic (exact) mass is 310 g/mol. The van der Waals surface area contributed by atoms with E-state index in [-0.39, 0.29) is 17.9 Å². The molecule has 1 aromatic heterocycles. The molecule has 0 unspecified atom stereocenters. The number of pyridine rings is 1. The molecule has 21 heavy (non-hydrogen) atoms. The van der Waals surface area contributed by atoms with Gasteiger partial charge in [0, 0.05) is 18.7 Å². The van der Waals surface area contributed by atoms with E-state index in [2.05, 4.69) is 4.98 Å². The minimum Gasteiger partial charge on any atom is -0.370 e. The molecule has 116 valence electrons. The molecule has 2 aliphatic rings. The van der Waals surface area contributed by atoms with Gasteiger partial charge in [0.2, 0.25) is 10.0 Å². The van der Waals surface area contributed by atoms with Gasteiger partial charge in [-0.25, -0.2) is 8.42 Å². The van der Waals surface area contributed by atoms with Crippen LogP contribution in [0.3, 0.4) is 0 Å². The summed E-state index contributed by atoms with van der Waals surface area (Å²) in [6, 6.07) is 5.77. The first-order valence-electron chi connectivity index (χ1n) is 7.63. The zero-order chi connectivity index (χ0) is 14.9. The first kappa shape index (κ1) is 14.9. The van der Waals surface area contributed by atoms with Gasteiger partial charge in [-0.2, -0.15) is 4.31 Å². The molecule has 2 heterocycles. The Morgan fingerprint density at radius 1 is 1.38 bits per heavy atom. The van der Waals surface area contributed by atoms with Gasteiger partial charge in [0.1, 0.15) is 0 Å². The third-order valence-corrected chi connectivity index (χ3v) is 6.49. The first-order valence-corrected chi connectivity index (χ1v) is 9.24. The highest BCUT2D eigenvalue weighted by molar-refractivity contribution is 7.89. The summed E-state index contributed by atoms with van der Waals surface area (Å²) in [4.78, 5) is 4.25. The van der Waals surface area contributed by atoms with Gasteiger partial charge >= 0.3 is 0 Å². The fourth-order valence-corrected chi connectivity index (χ4v) is 5.31. The van der Waals surface area contributed by atoms with E-state index in [0.29, 0.717) is 25.5 Å². The largest absolute Gasteiger partial charge is 0.370 e. The normalized spacial score (nSPS) is 29.1. The van der Waals surface area contributed by atoms with Gasteiger partial charge < -0.3 is 4.74 Å². The van der Waals surface area contributed by atoms with Crippen molar-refractivity contribution in [2.45, 2.75) is 44.9 Å². The number of sulfonamides is 1. The van der Waals surface area contributed by atoms with Crippen molar-refractivity contribution in [1.82, 2.24) is 9.29 Å². The Balaban J connectivity index is 1.66. The SMILES string of the molecule is CCCS(=O)(=O)N1C[C@@H]2CC[C@H]1[C@H]2OCc1ccccn1. The molecule has 1 saturated heterocycles. The Kier molecular flexibility index (Phi) is 4.28. The molecule has 6 heteroatoms. The summed E-state index contributed by atoms with van der Waals surface area (Å²) in [5.74, 6) is 0.578. The lowest BCUT2D eigenvalue weighted by molar-refractivity contribution is 0.0200. The van der Waals surface area contributed by atoms with E-state index in [4.69, 9.17) is 4.74 Å². The predicted octanol–water partition coefficient (Wildman–Crippen LogP) is 1.80. The average molecular weight is 310 g/mol. The smallest absolute Gasteiger partial charge is 0.214 e. The van der Waals surface area contributed by atoms with Crippen LogP contribution in [0.5, 0.6) is 0 Å². The number of hydrogen-bond acceptors (Lipinski definition) is 4. The van der Waals surface area contributed by atoms with Crippen LogP contribution in [-0.2, 0) is 21.4 Å². The van der Waals surface area contributed by atoms with Crippen LogP contribution in [0.25, 0.3) is 0 Å². The van der Waals surface area contributed by atoms with Crippen LogP contribution in [0, 0.1) is 5.92 Å². The molecule has 1 aliphatic carbocycles. The van der Waals surface area contributed by atoms with Crippen LogP contribution in [-0.4, -0.2) is 42.2 Å². The van der Waals surface area contributed by atoms with Gasteiger partial charge in [-0.15, -0.1) is 0 Å². The molecule has 2 bridgehead atoms. The summed E-state index contributed by atoms with van der Waals surface area (Å²) in [5.41, 5.74) is 0.895. The molecule has 0 N–H and O–H groups in total. The Morgan fingerprint density at radius 3 is 2.95 bits per heavy atom. The van der Waals surface area contributed by atoms with Crippen LogP contribution in [0.1, 0.15) is 31.9 Å². The topological polar surface area (TPSA) is 59.5 Å². The van der Waals surface area contributed by atoms with Gasteiger partial charge in [-0.1, -0.05) is 13.0 Å². The molecule has 5 nitrogen and oxygen atoms in total. The highest BCUT2D eigenvalue weighted by Crippen LogP contribution is 2.41. The number of hydrogen-bond donors (Lipinski definition) is 0. The van der Waals surface area contributed by atoms with Crippen molar-refractivity contribution in [3.05, 3.63) is 30.1 Å². The van der Waals surface area contributed by atoms with Crippen LogP contribution in [0.2, 0.25) is 0 Å². The minimum atomic E-state index is -3.12. The summed E-state index contributed by atoms with van der Waals surface area (Å²) in [5, 5.41) is 0. The molecule has 3 rings (SSSR count). The van der Waals surface area contributed by atoms with E-state index < -0.39 is 10.0 Å². The van der Waals surface area contributed by atoms with Gasteiger partial charge in [-0.3, -0.25) is 4.98 Å². The molecular weight excluding hydrogens is 288 g/mol. The van der Waals surface area contributed by atoms with Crippen molar-refractivity contribution in [2.24, 2.45) is 5.92 Å². The molecule has 0 radical (unpaired) electrons. The lowest BCUT2D eigenvalue weighted by atomic mass is 10.1. The van der Waals surface area contributed by atoms with Crippen LogP contribution in [0.15, 0.2) is 24.4 Å². The molecule has 1 aliphatic heterocycles. The molecule has 1 aromatic rings. The van der Waals surface area contributed by atoms with Crippen molar-refractivity contribution in [3.63, 3.8) is 0 Å². The maximum Gasteiger partial charge on any atom is 0.214 e. The Hall–Kier alpha value is -0.980. The first-order chi connectivity index (χ1) is 10.1. The fraction of sp³-hybridized carbons (Fsp3) is 0.667. The van der Waals surface area contributed by atoms with Crippen molar-refractivity contribution in [3.8, 4) is 0 Å². The number of ether oxygens (including phenoxy) is 1. The third-order valence-electron chi connectivity index (χ3n) is 4.43. The number of fused-ring (bicyclic) bond motifs is 2. The highest BCUT2D eigenvalue weighted by atomic mass is 32.2. The maximum absolute atomic E-state index is 12.3. The van der Waals surface area contributed by atoms with Gasteiger partial charge in [0.15, 0.2) is 0 Å². The lowest BCUT2D eigenvalue weighted by Crippen LogP contribution is -2.41. The van der Waals surface area contributed by atoms with Crippen LogP contribution < -0.4 is 0 Å². The predicted molar refractivity (Wildman–Crippen MR) is 80.1 cm³/mol. The molecule has 0 spiro atoms. The van der Waals surface area contributed by atoms with Crippen molar-refractivity contribution < 1.29 is 13.2 Å². The second-order valence-corrected chi connectivity index (χ2v) is 7.93. The van der Waals surface area contributed by atoms with E-state index in [9.17, 15) is 8.42 Å². The van der Waals surface area contributed by atoms with Crippen molar-refractivity contribution in [1.29, 1.82) is 0 Å². The Labute approximate surface area is 126 Å². The maximum atomic E-state index is 12.3. The van der Waals surface area contributed by atoms with E-state index in [1.54, 1.807) is 10.5 Å². The van der Waals surface area contributed by atoms with Crippen molar-refractivity contribution >= 4 is 10.0 Å². The summed E-state index contributed by atoms with van der Waals surface area (Å²) in [7, 11) is -3.12. The van der Waals surface area contributed by atoms with Crippen LogP contribution >= 0.6 is 0 Å². The number of piperidine rings is 1. The van der Waals surface area contributed by atoms with E-state index in [0.717, 1.165) is 18.5 Å². The number of nitrogens with zero attached hydrogens (tertiary/aromatic N) is 2. The number of rotatable bonds is 6. The Bertz CT molecular complexity index is 576. The molecular formula is C15H22N2O3S. The molecule has 0 amide bonds. The summed E-state index contributed by atoms with van der Waals surface area (Å²) in [6.45, 7) is 2.99. The summed E-state index contributed by atoms with van der Waals surface area (Å²) >= 11 is 0. The quantitative estimate of drug-likeness (QED) is 0.804. The summed E-state index contributed by atoms with van der Waals surface area (Å²) in [6.07, 6.45) is 4.42. The highest BCUT2D eigenvalue weighted by Gasteiger charge is 2.51. The minimum absolute atomic E-state index is 0.0234. The second kappa shape index (κ2) is 6.02. The molecule has 2 fully saturated rings. The van der Waals surface area contributed by atoms with Gasteiger partial charge in [0.25, 0.3) is 0 Å². The standard InChI is InChI=1S/C15H22N2O3S/c1-2-9-21(18,19)17-10-12-6-7-14(17)15(12)20-11-13-5-3-4-8-16-13/h3-5,8,12,14-15H,2,6-7,9-11H2,1H3/t12-,14-,15-/m0/s1. The van der Waals surface area contributed by atoms with E-state index in [1.165, 1.54) is 0 Å². The molecule has 1 saturated carbocycles. The summed E-state index contributed by atoms with van der Waals surface area (Å²) < 4.78 is 32.3.